The molecule has 1 aromatic heterocycles. The first-order chi connectivity index (χ1) is 15.4. The SMILES string of the molecule is Cc1cc(C(=O)N2CCN(CCNc3cc(=O)oc4ccccc34)CC2)ccc1[N+](=O)[O-]. The van der Waals surface area contributed by atoms with Crippen molar-refractivity contribution in [2.24, 2.45) is 0 Å². The summed E-state index contributed by atoms with van der Waals surface area (Å²) < 4.78 is 5.22. The topological polar surface area (TPSA) is 109 Å². The zero-order chi connectivity index (χ0) is 22.7. The van der Waals surface area contributed by atoms with Gasteiger partial charge in [-0.2, -0.15) is 0 Å². The van der Waals surface area contributed by atoms with Crippen molar-refractivity contribution in [2.45, 2.75) is 6.92 Å². The molecule has 0 atom stereocenters. The molecule has 0 unspecified atom stereocenters. The summed E-state index contributed by atoms with van der Waals surface area (Å²) in [5.41, 5.74) is 1.88. The lowest BCUT2D eigenvalue weighted by atomic mass is 10.1. The van der Waals surface area contributed by atoms with Gasteiger partial charge in [0.25, 0.3) is 11.6 Å². The second kappa shape index (κ2) is 9.19. The van der Waals surface area contributed by atoms with E-state index in [1.807, 2.05) is 18.2 Å². The van der Waals surface area contributed by atoms with E-state index in [4.69, 9.17) is 4.42 Å². The Morgan fingerprint density at radius 1 is 1.12 bits per heavy atom. The number of para-hydroxylation sites is 1. The number of amides is 1. The fraction of sp³-hybridized carbons (Fsp3) is 0.304. The van der Waals surface area contributed by atoms with Crippen molar-refractivity contribution in [3.63, 3.8) is 0 Å². The number of aryl methyl sites for hydroxylation is 1. The smallest absolute Gasteiger partial charge is 0.338 e. The predicted octanol–water partition coefficient (Wildman–Crippen LogP) is 2.88. The summed E-state index contributed by atoms with van der Waals surface area (Å²) in [6.45, 7) is 5.71. The largest absolute Gasteiger partial charge is 0.423 e. The van der Waals surface area contributed by atoms with E-state index in [0.29, 0.717) is 36.3 Å². The number of hydrogen-bond donors (Lipinski definition) is 1. The number of nitrogens with zero attached hydrogens (tertiary/aromatic N) is 3. The van der Waals surface area contributed by atoms with Crippen molar-refractivity contribution in [3.8, 4) is 0 Å². The van der Waals surface area contributed by atoms with E-state index in [1.165, 1.54) is 18.2 Å². The average molecular weight is 436 g/mol. The van der Waals surface area contributed by atoms with Gasteiger partial charge >= 0.3 is 5.63 Å². The van der Waals surface area contributed by atoms with Gasteiger partial charge in [-0.1, -0.05) is 12.1 Å². The van der Waals surface area contributed by atoms with Crippen LogP contribution >= 0.6 is 0 Å². The number of nitro groups is 1. The summed E-state index contributed by atoms with van der Waals surface area (Å²) in [5, 5.41) is 15.2. The van der Waals surface area contributed by atoms with E-state index in [2.05, 4.69) is 10.2 Å². The van der Waals surface area contributed by atoms with Crippen LogP contribution < -0.4 is 10.9 Å². The lowest BCUT2D eigenvalue weighted by Gasteiger charge is -2.34. The van der Waals surface area contributed by atoms with Gasteiger partial charge in [-0.05, 0) is 31.2 Å². The first-order valence-corrected chi connectivity index (χ1v) is 10.5. The zero-order valence-electron chi connectivity index (χ0n) is 17.7. The van der Waals surface area contributed by atoms with E-state index in [-0.39, 0.29) is 17.2 Å². The third-order valence-corrected chi connectivity index (χ3v) is 5.69. The molecule has 2 heterocycles. The summed E-state index contributed by atoms with van der Waals surface area (Å²) >= 11 is 0. The molecule has 0 spiro atoms. The first-order valence-electron chi connectivity index (χ1n) is 10.5. The number of hydrogen-bond acceptors (Lipinski definition) is 7. The molecule has 0 aliphatic carbocycles. The van der Waals surface area contributed by atoms with Crippen LogP contribution in [0.4, 0.5) is 11.4 Å². The highest BCUT2D eigenvalue weighted by Crippen LogP contribution is 2.21. The maximum absolute atomic E-state index is 12.8. The minimum Gasteiger partial charge on any atom is -0.423 e. The maximum atomic E-state index is 12.8. The van der Waals surface area contributed by atoms with Crippen LogP contribution in [0.1, 0.15) is 15.9 Å². The Morgan fingerprint density at radius 2 is 1.88 bits per heavy atom. The number of nitro benzene ring substituents is 1. The van der Waals surface area contributed by atoms with E-state index in [1.54, 1.807) is 24.0 Å². The standard InChI is InChI=1S/C23H24N4O5/c1-16-14-17(6-7-20(16)27(30)31)23(29)26-12-10-25(11-13-26)9-8-24-19-15-22(28)32-21-5-3-2-4-18(19)21/h2-7,14-15,24H,8-13H2,1H3. The van der Waals surface area contributed by atoms with Gasteiger partial charge in [-0.3, -0.25) is 19.8 Å². The number of carbonyl (C=O) groups excluding carboxylic acids is 1. The van der Waals surface area contributed by atoms with Crippen LogP contribution in [-0.2, 0) is 0 Å². The molecule has 0 saturated carbocycles. The number of fused-ring (bicyclic) bond motifs is 1. The molecule has 1 aliphatic rings. The molecule has 0 bridgehead atoms. The molecule has 4 rings (SSSR count). The van der Waals surface area contributed by atoms with Gasteiger partial charge < -0.3 is 14.6 Å². The van der Waals surface area contributed by atoms with E-state index >= 15 is 0 Å². The van der Waals surface area contributed by atoms with Crippen molar-refractivity contribution in [1.82, 2.24) is 9.80 Å². The molecule has 0 radical (unpaired) electrons. The van der Waals surface area contributed by atoms with Gasteiger partial charge in [0, 0.05) is 67.9 Å². The van der Waals surface area contributed by atoms with E-state index < -0.39 is 4.92 Å². The summed E-state index contributed by atoms with van der Waals surface area (Å²) in [6, 6.07) is 13.4. The second-order valence-corrected chi connectivity index (χ2v) is 7.79. The minimum atomic E-state index is -0.443. The number of anilines is 1. The van der Waals surface area contributed by atoms with Crippen LogP contribution in [0.25, 0.3) is 11.0 Å². The molecular formula is C23H24N4O5. The molecule has 2 aromatic carbocycles. The van der Waals surface area contributed by atoms with E-state index in [9.17, 15) is 19.7 Å². The number of benzene rings is 2. The Balaban J connectivity index is 1.30. The van der Waals surface area contributed by atoms with Crippen molar-refractivity contribution in [3.05, 3.63) is 80.2 Å². The number of piperazine rings is 1. The van der Waals surface area contributed by atoms with Crippen molar-refractivity contribution in [2.75, 3.05) is 44.6 Å². The molecule has 1 N–H and O–H groups in total. The molecular weight excluding hydrogens is 412 g/mol. The van der Waals surface area contributed by atoms with E-state index in [0.717, 1.165) is 30.7 Å². The Morgan fingerprint density at radius 3 is 2.59 bits per heavy atom. The van der Waals surface area contributed by atoms with Gasteiger partial charge in [0.05, 0.1) is 10.6 Å². The molecule has 1 fully saturated rings. The quantitative estimate of drug-likeness (QED) is 0.359. The Bertz CT molecular complexity index is 1210. The Kier molecular flexibility index (Phi) is 6.18. The normalized spacial score (nSPS) is 14.5. The minimum absolute atomic E-state index is 0.0165. The molecule has 9 heteroatoms. The monoisotopic (exact) mass is 436 g/mol. The highest BCUT2D eigenvalue weighted by molar-refractivity contribution is 5.95. The van der Waals surface area contributed by atoms with Crippen molar-refractivity contribution >= 4 is 28.3 Å². The summed E-state index contributed by atoms with van der Waals surface area (Å²) in [6.07, 6.45) is 0. The number of rotatable bonds is 6. The van der Waals surface area contributed by atoms with Crippen LogP contribution in [0.3, 0.4) is 0 Å². The van der Waals surface area contributed by atoms with Crippen LogP contribution in [0.15, 0.2) is 57.7 Å². The van der Waals surface area contributed by atoms with Crippen molar-refractivity contribution in [1.29, 1.82) is 0 Å². The summed E-state index contributed by atoms with van der Waals surface area (Å²) in [4.78, 5) is 39.1. The van der Waals surface area contributed by atoms with Gasteiger partial charge in [0.15, 0.2) is 0 Å². The fourth-order valence-electron chi connectivity index (χ4n) is 3.96. The molecule has 3 aromatic rings. The lowest BCUT2D eigenvalue weighted by molar-refractivity contribution is -0.385. The van der Waals surface area contributed by atoms with Gasteiger partial charge in [-0.15, -0.1) is 0 Å². The molecule has 1 amide bonds. The molecule has 1 saturated heterocycles. The highest BCUT2D eigenvalue weighted by Gasteiger charge is 2.23. The van der Waals surface area contributed by atoms with Gasteiger partial charge in [0.1, 0.15) is 5.58 Å². The van der Waals surface area contributed by atoms with Crippen molar-refractivity contribution < 1.29 is 14.1 Å². The average Bonchev–Trinajstić information content (AvgIpc) is 2.78. The third kappa shape index (κ3) is 4.62. The molecule has 166 valence electrons. The lowest BCUT2D eigenvalue weighted by Crippen LogP contribution is -2.49. The third-order valence-electron chi connectivity index (χ3n) is 5.69. The fourth-order valence-corrected chi connectivity index (χ4v) is 3.96. The van der Waals surface area contributed by atoms with Gasteiger partial charge in [-0.25, -0.2) is 4.79 Å². The van der Waals surface area contributed by atoms with Crippen LogP contribution in [0.2, 0.25) is 0 Å². The van der Waals surface area contributed by atoms with Crippen LogP contribution in [0, 0.1) is 17.0 Å². The second-order valence-electron chi connectivity index (χ2n) is 7.79. The summed E-state index contributed by atoms with van der Waals surface area (Å²) in [7, 11) is 0. The highest BCUT2D eigenvalue weighted by atomic mass is 16.6. The Labute approximate surface area is 184 Å². The zero-order valence-corrected chi connectivity index (χ0v) is 17.7. The maximum Gasteiger partial charge on any atom is 0.338 e. The Hall–Kier alpha value is -3.72. The summed E-state index contributed by atoms with van der Waals surface area (Å²) in [5.74, 6) is -0.108. The number of nitrogens with one attached hydrogen (secondary N) is 1. The van der Waals surface area contributed by atoms with Gasteiger partial charge in [0.2, 0.25) is 0 Å². The van der Waals surface area contributed by atoms with Crippen LogP contribution in [-0.4, -0.2) is 59.9 Å². The first kappa shape index (κ1) is 21.5. The molecule has 32 heavy (non-hydrogen) atoms. The number of carbonyl (C=O) groups is 1. The van der Waals surface area contributed by atoms with Crippen LogP contribution in [0.5, 0.6) is 0 Å². The molecule has 9 nitrogen and oxygen atoms in total. The predicted molar refractivity (Wildman–Crippen MR) is 121 cm³/mol. The molecule has 1 aliphatic heterocycles.